The van der Waals surface area contributed by atoms with Gasteiger partial charge in [-0.1, -0.05) is 40.2 Å². The number of hydrogen-bond donors (Lipinski definition) is 1. The maximum atomic E-state index is 12.9. The van der Waals surface area contributed by atoms with Crippen LogP contribution >= 0.6 is 15.9 Å². The molecule has 0 radical (unpaired) electrons. The maximum absolute atomic E-state index is 12.9. The Morgan fingerprint density at radius 2 is 1.80 bits per heavy atom. The number of benzene rings is 2. The highest BCUT2D eigenvalue weighted by Gasteiger charge is 2.10. The molecule has 0 bridgehead atoms. The first kappa shape index (κ1) is 15.2. The van der Waals surface area contributed by atoms with Crippen LogP contribution in [0.5, 0.6) is 0 Å². The van der Waals surface area contributed by atoms with Crippen molar-refractivity contribution in [3.05, 3.63) is 69.9 Å². The van der Waals surface area contributed by atoms with Crippen molar-refractivity contribution in [2.24, 2.45) is 0 Å². The maximum Gasteiger partial charge on any atom is 0.123 e. The molecule has 0 aliphatic heterocycles. The second-order valence-electron chi connectivity index (χ2n) is 5.17. The molecule has 0 saturated carbocycles. The Morgan fingerprint density at radius 1 is 1.10 bits per heavy atom. The Balaban J connectivity index is 1.93. The summed E-state index contributed by atoms with van der Waals surface area (Å²) in [6.07, 6.45) is 0.888. The largest absolute Gasteiger partial charge is 0.307 e. The molecule has 0 spiro atoms. The van der Waals surface area contributed by atoms with Crippen LogP contribution in [-0.2, 0) is 6.42 Å². The second kappa shape index (κ2) is 7.00. The lowest BCUT2D eigenvalue weighted by atomic mass is 10.0. The van der Waals surface area contributed by atoms with Gasteiger partial charge in [-0.05, 0) is 55.7 Å². The number of nitrogens with one attached hydrogen (secondary N) is 1. The molecule has 2 aromatic rings. The minimum absolute atomic E-state index is 0.183. The van der Waals surface area contributed by atoms with Gasteiger partial charge < -0.3 is 5.32 Å². The van der Waals surface area contributed by atoms with Crippen LogP contribution in [0, 0.1) is 5.82 Å². The molecule has 1 N–H and O–H groups in total. The van der Waals surface area contributed by atoms with E-state index in [-0.39, 0.29) is 11.9 Å². The lowest BCUT2D eigenvalue weighted by Crippen LogP contribution is -2.30. The lowest BCUT2D eigenvalue weighted by molar-refractivity contribution is 0.477. The molecule has 0 heterocycles. The lowest BCUT2D eigenvalue weighted by Gasteiger charge is -2.20. The summed E-state index contributed by atoms with van der Waals surface area (Å²) in [4.78, 5) is 0. The molecule has 0 aliphatic rings. The Hall–Kier alpha value is -1.19. The molecule has 2 unspecified atom stereocenters. The topological polar surface area (TPSA) is 12.0 Å². The first-order chi connectivity index (χ1) is 9.54. The normalized spacial score (nSPS) is 14.0. The fourth-order valence-corrected chi connectivity index (χ4v) is 2.75. The summed E-state index contributed by atoms with van der Waals surface area (Å²) in [6.45, 7) is 4.31. The molecular formula is C17H19BrFN. The highest BCUT2D eigenvalue weighted by molar-refractivity contribution is 9.10. The predicted molar refractivity (Wildman–Crippen MR) is 85.3 cm³/mol. The van der Waals surface area contributed by atoms with Crippen LogP contribution in [0.4, 0.5) is 4.39 Å². The van der Waals surface area contributed by atoms with Gasteiger partial charge in [0, 0.05) is 16.6 Å². The average molecular weight is 336 g/mol. The minimum atomic E-state index is -0.183. The zero-order valence-electron chi connectivity index (χ0n) is 11.7. The zero-order chi connectivity index (χ0) is 14.5. The third-order valence-corrected chi connectivity index (χ3v) is 3.83. The van der Waals surface area contributed by atoms with Gasteiger partial charge in [0.2, 0.25) is 0 Å². The third-order valence-electron chi connectivity index (χ3n) is 3.34. The van der Waals surface area contributed by atoms with E-state index in [2.05, 4.69) is 47.2 Å². The van der Waals surface area contributed by atoms with E-state index in [0.717, 1.165) is 16.5 Å². The number of halogens is 2. The Kier molecular flexibility index (Phi) is 5.32. The first-order valence-corrected chi connectivity index (χ1v) is 7.60. The van der Waals surface area contributed by atoms with E-state index in [4.69, 9.17) is 0 Å². The van der Waals surface area contributed by atoms with Crippen LogP contribution in [0.25, 0.3) is 0 Å². The third kappa shape index (κ3) is 4.43. The van der Waals surface area contributed by atoms with Gasteiger partial charge in [-0.15, -0.1) is 0 Å². The summed E-state index contributed by atoms with van der Waals surface area (Å²) in [7, 11) is 0. The van der Waals surface area contributed by atoms with Gasteiger partial charge in [0.25, 0.3) is 0 Å². The van der Waals surface area contributed by atoms with E-state index in [1.807, 2.05) is 24.3 Å². The summed E-state index contributed by atoms with van der Waals surface area (Å²) < 4.78 is 14.0. The van der Waals surface area contributed by atoms with Crippen LogP contribution in [0.3, 0.4) is 0 Å². The monoisotopic (exact) mass is 335 g/mol. The highest BCUT2D eigenvalue weighted by atomic mass is 79.9. The minimum Gasteiger partial charge on any atom is -0.307 e. The van der Waals surface area contributed by atoms with Crippen molar-refractivity contribution in [1.29, 1.82) is 0 Å². The summed E-state index contributed by atoms with van der Waals surface area (Å²) in [5.74, 6) is -0.183. The van der Waals surface area contributed by atoms with E-state index in [1.165, 1.54) is 17.7 Å². The Morgan fingerprint density at radius 3 is 2.45 bits per heavy atom. The fourth-order valence-electron chi connectivity index (χ4n) is 2.33. The van der Waals surface area contributed by atoms with Crippen LogP contribution < -0.4 is 5.32 Å². The highest BCUT2D eigenvalue weighted by Crippen LogP contribution is 2.18. The van der Waals surface area contributed by atoms with Gasteiger partial charge in [-0.25, -0.2) is 4.39 Å². The molecule has 2 aromatic carbocycles. The molecule has 2 rings (SSSR count). The van der Waals surface area contributed by atoms with Crippen molar-refractivity contribution >= 4 is 15.9 Å². The molecule has 0 amide bonds. The van der Waals surface area contributed by atoms with Crippen molar-refractivity contribution in [3.8, 4) is 0 Å². The van der Waals surface area contributed by atoms with Crippen molar-refractivity contribution < 1.29 is 4.39 Å². The van der Waals surface area contributed by atoms with E-state index in [0.29, 0.717) is 6.04 Å². The standard InChI is InChI=1S/C17H19BrFN/c1-12(10-14-6-8-17(19)9-7-14)20-13(2)15-4-3-5-16(18)11-15/h3-9,11-13,20H,10H2,1-2H3. The van der Waals surface area contributed by atoms with Crippen molar-refractivity contribution in [2.75, 3.05) is 0 Å². The molecule has 20 heavy (non-hydrogen) atoms. The number of rotatable bonds is 5. The molecule has 1 nitrogen and oxygen atoms in total. The first-order valence-electron chi connectivity index (χ1n) is 6.80. The van der Waals surface area contributed by atoms with Crippen molar-refractivity contribution in [1.82, 2.24) is 5.32 Å². The van der Waals surface area contributed by atoms with Crippen LogP contribution in [-0.4, -0.2) is 6.04 Å². The van der Waals surface area contributed by atoms with Gasteiger partial charge in [-0.3, -0.25) is 0 Å². The molecular weight excluding hydrogens is 317 g/mol. The second-order valence-corrected chi connectivity index (χ2v) is 6.09. The molecule has 0 saturated heterocycles. The molecule has 2 atom stereocenters. The van der Waals surface area contributed by atoms with E-state index in [1.54, 1.807) is 0 Å². The van der Waals surface area contributed by atoms with E-state index < -0.39 is 0 Å². The van der Waals surface area contributed by atoms with Gasteiger partial charge in [0.05, 0.1) is 0 Å². The summed E-state index contributed by atoms with van der Waals surface area (Å²) in [5.41, 5.74) is 2.40. The van der Waals surface area contributed by atoms with E-state index in [9.17, 15) is 4.39 Å². The van der Waals surface area contributed by atoms with Gasteiger partial charge >= 0.3 is 0 Å². The van der Waals surface area contributed by atoms with Gasteiger partial charge in [-0.2, -0.15) is 0 Å². The smallest absolute Gasteiger partial charge is 0.123 e. The van der Waals surface area contributed by atoms with Crippen LogP contribution in [0.2, 0.25) is 0 Å². The SMILES string of the molecule is CC(Cc1ccc(F)cc1)NC(C)c1cccc(Br)c1. The molecule has 0 aromatic heterocycles. The van der Waals surface area contributed by atoms with E-state index >= 15 is 0 Å². The molecule has 0 aliphatic carbocycles. The number of hydrogen-bond acceptors (Lipinski definition) is 1. The van der Waals surface area contributed by atoms with Gasteiger partial charge in [0.15, 0.2) is 0 Å². The summed E-state index contributed by atoms with van der Waals surface area (Å²) >= 11 is 3.49. The van der Waals surface area contributed by atoms with Crippen molar-refractivity contribution in [2.45, 2.75) is 32.4 Å². The Labute approximate surface area is 128 Å². The summed E-state index contributed by atoms with van der Waals surface area (Å²) in [6, 6.07) is 15.6. The van der Waals surface area contributed by atoms with Crippen molar-refractivity contribution in [3.63, 3.8) is 0 Å². The molecule has 106 valence electrons. The summed E-state index contributed by atoms with van der Waals surface area (Å²) in [5, 5.41) is 3.57. The fraction of sp³-hybridized carbons (Fsp3) is 0.294. The Bertz CT molecular complexity index is 553. The van der Waals surface area contributed by atoms with Crippen LogP contribution in [0.15, 0.2) is 53.0 Å². The quantitative estimate of drug-likeness (QED) is 0.821. The average Bonchev–Trinajstić information content (AvgIpc) is 2.41. The molecule has 3 heteroatoms. The predicted octanol–water partition coefficient (Wildman–Crippen LogP) is 4.87. The van der Waals surface area contributed by atoms with Crippen LogP contribution in [0.1, 0.15) is 31.0 Å². The zero-order valence-corrected chi connectivity index (χ0v) is 13.3. The van der Waals surface area contributed by atoms with Gasteiger partial charge in [0.1, 0.15) is 5.82 Å². The molecule has 0 fully saturated rings.